The van der Waals surface area contributed by atoms with E-state index >= 15 is 0 Å². The number of benzene rings is 1. The number of hydrogen-bond acceptors (Lipinski definition) is 4. The normalized spacial score (nSPS) is 16.2. The summed E-state index contributed by atoms with van der Waals surface area (Å²) in [7, 11) is 4.12. The van der Waals surface area contributed by atoms with Crippen LogP contribution in [0.2, 0.25) is 0 Å². The Kier molecular flexibility index (Phi) is 3.57. The molecule has 1 N–H and O–H groups in total. The molecule has 0 spiro atoms. The molecule has 1 saturated heterocycles. The zero-order valence-electron chi connectivity index (χ0n) is 14.8. The molecule has 3 aromatic rings. The van der Waals surface area contributed by atoms with E-state index in [0.29, 0.717) is 0 Å². The molecule has 1 aliphatic heterocycles. The average Bonchev–Trinajstić information content (AvgIpc) is 3.11. The number of imidazole rings is 1. The van der Waals surface area contributed by atoms with Crippen LogP contribution in [-0.4, -0.2) is 57.9 Å². The Morgan fingerprint density at radius 3 is 2.46 bits per heavy atom. The van der Waals surface area contributed by atoms with Crippen LogP contribution < -0.4 is 4.90 Å². The zero-order valence-corrected chi connectivity index (χ0v) is 14.8. The van der Waals surface area contributed by atoms with Crippen molar-refractivity contribution in [2.75, 3.05) is 38.1 Å². The minimum absolute atomic E-state index is 0.897. The Bertz CT molecular complexity index is 882. The first-order valence-corrected chi connectivity index (χ1v) is 8.46. The maximum Gasteiger partial charge on any atom is 0.141 e. The predicted molar refractivity (Wildman–Crippen MR) is 97.5 cm³/mol. The molecule has 0 unspecified atom stereocenters. The average molecular weight is 324 g/mol. The lowest BCUT2D eigenvalue weighted by Gasteiger charge is -2.34. The summed E-state index contributed by atoms with van der Waals surface area (Å²) in [5, 5.41) is 4.42. The van der Waals surface area contributed by atoms with Gasteiger partial charge in [-0.25, -0.2) is 4.98 Å². The molecule has 1 aliphatic rings. The van der Waals surface area contributed by atoms with Crippen molar-refractivity contribution in [2.45, 2.75) is 13.8 Å². The number of fused-ring (bicyclic) bond motifs is 1. The first-order valence-electron chi connectivity index (χ1n) is 8.46. The molecule has 0 saturated carbocycles. The number of nitrogens with zero attached hydrogens (tertiary/aromatic N) is 5. The van der Waals surface area contributed by atoms with Crippen molar-refractivity contribution >= 4 is 16.7 Å². The van der Waals surface area contributed by atoms with Gasteiger partial charge in [-0.3, -0.25) is 4.68 Å². The summed E-state index contributed by atoms with van der Waals surface area (Å²) in [6.45, 7) is 8.53. The molecule has 6 nitrogen and oxygen atoms in total. The van der Waals surface area contributed by atoms with Crippen molar-refractivity contribution < 1.29 is 0 Å². The number of rotatable bonds is 2. The molecule has 0 amide bonds. The fraction of sp³-hybridized carbons (Fsp3) is 0.444. The van der Waals surface area contributed by atoms with E-state index in [4.69, 9.17) is 4.98 Å². The Hall–Kier alpha value is -2.34. The van der Waals surface area contributed by atoms with Gasteiger partial charge in [-0.15, -0.1) is 0 Å². The minimum Gasteiger partial charge on any atom is -0.369 e. The molecule has 126 valence electrons. The number of anilines is 1. The maximum absolute atomic E-state index is 4.82. The second-order valence-electron chi connectivity index (χ2n) is 6.84. The highest BCUT2D eigenvalue weighted by Crippen LogP contribution is 2.29. The van der Waals surface area contributed by atoms with Crippen LogP contribution in [0.4, 0.5) is 5.69 Å². The zero-order chi connectivity index (χ0) is 16.8. The van der Waals surface area contributed by atoms with Crippen molar-refractivity contribution in [1.82, 2.24) is 24.6 Å². The molecule has 24 heavy (non-hydrogen) atoms. The largest absolute Gasteiger partial charge is 0.369 e. The summed E-state index contributed by atoms with van der Waals surface area (Å²) in [6, 6.07) is 4.49. The standard InChI is InChI=1S/C18H24N6/c1-12-9-14(24-7-5-22(3)6-8-24)10-16-17(12)20-18(19-16)15-11-23(4)21-13(15)2/h9-11H,5-8H2,1-4H3,(H,19,20). The summed E-state index contributed by atoms with van der Waals surface area (Å²) < 4.78 is 1.83. The van der Waals surface area contributed by atoms with E-state index in [9.17, 15) is 0 Å². The molecule has 0 bridgehead atoms. The molecular weight excluding hydrogens is 300 g/mol. The van der Waals surface area contributed by atoms with Crippen LogP contribution in [0.3, 0.4) is 0 Å². The van der Waals surface area contributed by atoms with Crippen molar-refractivity contribution in [3.8, 4) is 11.4 Å². The highest BCUT2D eigenvalue weighted by atomic mass is 15.3. The number of piperazine rings is 1. The van der Waals surface area contributed by atoms with Crippen LogP contribution in [0.5, 0.6) is 0 Å². The third kappa shape index (κ3) is 2.57. The van der Waals surface area contributed by atoms with Crippen LogP contribution in [0.1, 0.15) is 11.3 Å². The lowest BCUT2D eigenvalue weighted by molar-refractivity contribution is 0.313. The summed E-state index contributed by atoms with van der Waals surface area (Å²) in [5.41, 5.74) is 6.70. The Labute approximate surface area is 142 Å². The molecule has 4 rings (SSSR count). The predicted octanol–water partition coefficient (Wildman–Crippen LogP) is 2.33. The van der Waals surface area contributed by atoms with Gasteiger partial charge < -0.3 is 14.8 Å². The van der Waals surface area contributed by atoms with E-state index in [2.05, 4.69) is 46.0 Å². The summed E-state index contributed by atoms with van der Waals surface area (Å²) >= 11 is 0. The quantitative estimate of drug-likeness (QED) is 0.786. The third-order valence-corrected chi connectivity index (χ3v) is 4.90. The molecule has 2 aromatic heterocycles. The minimum atomic E-state index is 0.897. The fourth-order valence-electron chi connectivity index (χ4n) is 3.48. The summed E-state index contributed by atoms with van der Waals surface area (Å²) in [5.74, 6) is 0.897. The van der Waals surface area contributed by atoms with Gasteiger partial charge in [0.1, 0.15) is 5.82 Å². The van der Waals surface area contributed by atoms with Gasteiger partial charge in [0.15, 0.2) is 0 Å². The molecule has 0 atom stereocenters. The molecular formula is C18H24N6. The van der Waals surface area contributed by atoms with E-state index in [0.717, 1.165) is 54.3 Å². The second-order valence-corrected chi connectivity index (χ2v) is 6.84. The first-order chi connectivity index (χ1) is 11.5. The van der Waals surface area contributed by atoms with E-state index in [-0.39, 0.29) is 0 Å². The topological polar surface area (TPSA) is 53.0 Å². The summed E-state index contributed by atoms with van der Waals surface area (Å²) in [6.07, 6.45) is 2.02. The van der Waals surface area contributed by atoms with E-state index in [1.165, 1.54) is 11.3 Å². The van der Waals surface area contributed by atoms with Gasteiger partial charge in [0, 0.05) is 45.1 Å². The number of aromatic nitrogens is 4. The lowest BCUT2D eigenvalue weighted by atomic mass is 10.1. The third-order valence-electron chi connectivity index (χ3n) is 4.90. The van der Waals surface area contributed by atoms with Crippen LogP contribution in [0, 0.1) is 13.8 Å². The molecule has 3 heterocycles. The Morgan fingerprint density at radius 2 is 1.79 bits per heavy atom. The molecule has 0 radical (unpaired) electrons. The van der Waals surface area contributed by atoms with Crippen LogP contribution in [0.25, 0.3) is 22.4 Å². The number of likely N-dealkylation sites (N-methyl/N-ethyl adjacent to an activating group) is 1. The van der Waals surface area contributed by atoms with Crippen LogP contribution >= 0.6 is 0 Å². The Balaban J connectivity index is 1.74. The highest BCUT2D eigenvalue weighted by Gasteiger charge is 2.17. The SMILES string of the molecule is Cc1nn(C)cc1-c1nc2c(C)cc(N3CCN(C)CC3)cc2[nH]1. The van der Waals surface area contributed by atoms with Crippen molar-refractivity contribution in [3.05, 3.63) is 29.6 Å². The number of nitrogens with one attached hydrogen (secondary N) is 1. The fourth-order valence-corrected chi connectivity index (χ4v) is 3.48. The van der Waals surface area contributed by atoms with Crippen molar-refractivity contribution in [1.29, 1.82) is 0 Å². The van der Waals surface area contributed by atoms with Gasteiger partial charge in [-0.1, -0.05) is 0 Å². The molecule has 0 aliphatic carbocycles. The van der Waals surface area contributed by atoms with E-state index < -0.39 is 0 Å². The smallest absolute Gasteiger partial charge is 0.141 e. The number of hydrogen-bond donors (Lipinski definition) is 1. The number of H-pyrrole nitrogens is 1. The number of aryl methyl sites for hydroxylation is 3. The molecule has 6 heteroatoms. The van der Waals surface area contributed by atoms with Crippen molar-refractivity contribution in [3.63, 3.8) is 0 Å². The first kappa shape index (κ1) is 15.2. The van der Waals surface area contributed by atoms with E-state index in [1.807, 2.05) is 24.9 Å². The monoisotopic (exact) mass is 324 g/mol. The Morgan fingerprint density at radius 1 is 1.04 bits per heavy atom. The van der Waals surface area contributed by atoms with Gasteiger partial charge in [0.05, 0.1) is 22.3 Å². The molecule has 1 fully saturated rings. The van der Waals surface area contributed by atoms with Crippen LogP contribution in [0.15, 0.2) is 18.3 Å². The highest BCUT2D eigenvalue weighted by molar-refractivity contribution is 5.86. The van der Waals surface area contributed by atoms with Gasteiger partial charge >= 0.3 is 0 Å². The van der Waals surface area contributed by atoms with Crippen molar-refractivity contribution in [2.24, 2.45) is 7.05 Å². The van der Waals surface area contributed by atoms with Gasteiger partial charge in [-0.05, 0) is 38.6 Å². The number of aromatic amines is 1. The van der Waals surface area contributed by atoms with Crippen LogP contribution in [-0.2, 0) is 7.05 Å². The second kappa shape index (κ2) is 5.63. The van der Waals surface area contributed by atoms with Gasteiger partial charge in [0.2, 0.25) is 0 Å². The lowest BCUT2D eigenvalue weighted by Crippen LogP contribution is -2.44. The summed E-state index contributed by atoms with van der Waals surface area (Å²) in [4.78, 5) is 13.1. The van der Waals surface area contributed by atoms with Gasteiger partial charge in [-0.2, -0.15) is 5.10 Å². The van der Waals surface area contributed by atoms with Gasteiger partial charge in [0.25, 0.3) is 0 Å². The maximum atomic E-state index is 4.82. The van der Waals surface area contributed by atoms with E-state index in [1.54, 1.807) is 0 Å². The molecule has 1 aromatic carbocycles.